The highest BCUT2D eigenvalue weighted by atomic mass is 16.5. The standard InChI is InChI=1S/C18H25N5O2/c19-10-14-5-4-6-15(9-14)11-21-12-17(23-20)13-25-18(24)22-16-7-2-1-3-8-16/h4-6,9,12,16,21,23H,1-3,7-8,11,13,20H2,(H,22,24)/b17-12-. The molecule has 0 saturated heterocycles. The normalized spacial score (nSPS) is 15.1. The summed E-state index contributed by atoms with van der Waals surface area (Å²) in [5.41, 5.74) is 4.65. The van der Waals surface area contributed by atoms with Gasteiger partial charge in [-0.3, -0.25) is 5.84 Å². The monoisotopic (exact) mass is 343 g/mol. The molecule has 25 heavy (non-hydrogen) atoms. The average Bonchev–Trinajstić information content (AvgIpc) is 2.65. The Balaban J connectivity index is 1.73. The molecule has 1 amide bonds. The number of hydrazine groups is 1. The number of nitriles is 1. The van der Waals surface area contributed by atoms with Crippen molar-refractivity contribution in [1.29, 1.82) is 5.26 Å². The Bertz CT molecular complexity index is 633. The molecule has 2 rings (SSSR count). The zero-order valence-electron chi connectivity index (χ0n) is 14.3. The number of nitrogens with two attached hydrogens (primary N) is 1. The van der Waals surface area contributed by atoms with Crippen molar-refractivity contribution in [2.75, 3.05) is 6.61 Å². The van der Waals surface area contributed by atoms with Crippen molar-refractivity contribution in [3.63, 3.8) is 0 Å². The topological polar surface area (TPSA) is 112 Å². The molecular weight excluding hydrogens is 318 g/mol. The Kier molecular flexibility index (Phi) is 7.60. The van der Waals surface area contributed by atoms with Crippen LogP contribution in [0.1, 0.15) is 43.2 Å². The van der Waals surface area contributed by atoms with Gasteiger partial charge in [0.2, 0.25) is 0 Å². The molecule has 1 aliphatic carbocycles. The molecular formula is C18H25N5O2. The number of nitrogens with one attached hydrogen (secondary N) is 3. The summed E-state index contributed by atoms with van der Waals surface area (Å²) in [6, 6.07) is 9.64. The van der Waals surface area contributed by atoms with Crippen molar-refractivity contribution in [1.82, 2.24) is 16.1 Å². The van der Waals surface area contributed by atoms with E-state index in [0.717, 1.165) is 31.2 Å². The molecule has 0 bridgehead atoms. The fraction of sp³-hybridized carbons (Fsp3) is 0.444. The van der Waals surface area contributed by atoms with Gasteiger partial charge < -0.3 is 20.8 Å². The van der Waals surface area contributed by atoms with E-state index in [2.05, 4.69) is 22.1 Å². The van der Waals surface area contributed by atoms with E-state index in [9.17, 15) is 4.79 Å². The largest absolute Gasteiger partial charge is 0.443 e. The number of carbonyl (C=O) groups excluding carboxylic acids is 1. The Labute approximate surface area is 148 Å². The van der Waals surface area contributed by atoms with Gasteiger partial charge in [-0.25, -0.2) is 4.79 Å². The van der Waals surface area contributed by atoms with Crippen LogP contribution in [0.4, 0.5) is 4.79 Å². The number of rotatable bonds is 7. The molecule has 0 heterocycles. The van der Waals surface area contributed by atoms with Crippen LogP contribution in [-0.4, -0.2) is 18.7 Å². The maximum absolute atomic E-state index is 11.8. The lowest BCUT2D eigenvalue weighted by Crippen LogP contribution is -2.37. The maximum Gasteiger partial charge on any atom is 0.407 e. The maximum atomic E-state index is 11.8. The number of hydrogen-bond donors (Lipinski definition) is 4. The molecule has 1 aromatic carbocycles. The first-order valence-corrected chi connectivity index (χ1v) is 8.52. The number of ether oxygens (including phenoxy) is 1. The van der Waals surface area contributed by atoms with Crippen LogP contribution in [0.25, 0.3) is 0 Å². The highest BCUT2D eigenvalue weighted by molar-refractivity contribution is 5.67. The van der Waals surface area contributed by atoms with Crippen molar-refractivity contribution in [3.05, 3.63) is 47.3 Å². The number of hydrogen-bond acceptors (Lipinski definition) is 6. The smallest absolute Gasteiger partial charge is 0.407 e. The van der Waals surface area contributed by atoms with Crippen molar-refractivity contribution in [2.24, 2.45) is 5.84 Å². The molecule has 7 nitrogen and oxygen atoms in total. The Morgan fingerprint density at radius 3 is 2.88 bits per heavy atom. The third-order valence-corrected chi connectivity index (χ3v) is 4.11. The fourth-order valence-corrected chi connectivity index (χ4v) is 2.77. The van der Waals surface area contributed by atoms with E-state index < -0.39 is 6.09 Å². The third kappa shape index (κ3) is 6.73. The van der Waals surface area contributed by atoms with Gasteiger partial charge in [-0.15, -0.1) is 0 Å². The van der Waals surface area contributed by atoms with Gasteiger partial charge >= 0.3 is 6.09 Å². The highest BCUT2D eigenvalue weighted by Crippen LogP contribution is 2.17. The van der Waals surface area contributed by atoms with Crippen LogP contribution in [0.5, 0.6) is 0 Å². The van der Waals surface area contributed by atoms with Crippen LogP contribution in [0.2, 0.25) is 0 Å². The summed E-state index contributed by atoms with van der Waals surface area (Å²) in [6.07, 6.45) is 6.80. The summed E-state index contributed by atoms with van der Waals surface area (Å²) in [5, 5.41) is 14.9. The van der Waals surface area contributed by atoms with Crippen LogP contribution < -0.4 is 21.9 Å². The second kappa shape index (κ2) is 10.2. The molecule has 1 fully saturated rings. The molecule has 0 radical (unpaired) electrons. The minimum atomic E-state index is -0.422. The molecule has 0 aromatic heterocycles. The van der Waals surface area contributed by atoms with Gasteiger partial charge in [0.1, 0.15) is 6.61 Å². The predicted octanol–water partition coefficient (Wildman–Crippen LogP) is 2.01. The summed E-state index contributed by atoms with van der Waals surface area (Å²) in [6.45, 7) is 0.593. The van der Waals surface area contributed by atoms with E-state index in [0.29, 0.717) is 17.8 Å². The van der Waals surface area contributed by atoms with E-state index in [4.69, 9.17) is 15.8 Å². The van der Waals surface area contributed by atoms with E-state index in [-0.39, 0.29) is 12.6 Å². The van der Waals surface area contributed by atoms with Gasteiger partial charge in [0.05, 0.1) is 17.3 Å². The van der Waals surface area contributed by atoms with Gasteiger partial charge in [0.15, 0.2) is 0 Å². The Morgan fingerprint density at radius 1 is 1.36 bits per heavy atom. The summed E-state index contributed by atoms with van der Waals surface area (Å²) in [5.74, 6) is 5.46. The van der Waals surface area contributed by atoms with Crippen LogP contribution in [-0.2, 0) is 11.3 Å². The summed E-state index contributed by atoms with van der Waals surface area (Å²) < 4.78 is 5.19. The van der Waals surface area contributed by atoms with Crippen molar-refractivity contribution in [3.8, 4) is 6.07 Å². The average molecular weight is 343 g/mol. The first-order chi connectivity index (χ1) is 12.2. The SMILES string of the molecule is N#Cc1cccc(CN/C=C(/COC(=O)NC2CCCCC2)NN)c1. The summed E-state index contributed by atoms with van der Waals surface area (Å²) in [4.78, 5) is 11.8. The molecule has 0 spiro atoms. The summed E-state index contributed by atoms with van der Waals surface area (Å²) >= 11 is 0. The zero-order valence-corrected chi connectivity index (χ0v) is 14.3. The van der Waals surface area contributed by atoms with Crippen molar-refractivity contribution >= 4 is 6.09 Å². The number of nitrogens with zero attached hydrogens (tertiary/aromatic N) is 1. The first kappa shape index (κ1) is 18.6. The van der Waals surface area contributed by atoms with Crippen molar-refractivity contribution < 1.29 is 9.53 Å². The second-order valence-electron chi connectivity index (χ2n) is 6.06. The van der Waals surface area contributed by atoms with E-state index in [1.54, 1.807) is 12.3 Å². The fourth-order valence-electron chi connectivity index (χ4n) is 2.77. The molecule has 1 aromatic rings. The first-order valence-electron chi connectivity index (χ1n) is 8.52. The van der Waals surface area contributed by atoms with Gasteiger partial charge in [-0.1, -0.05) is 31.4 Å². The number of amides is 1. The van der Waals surface area contributed by atoms with Crippen molar-refractivity contribution in [2.45, 2.75) is 44.7 Å². The van der Waals surface area contributed by atoms with Gasteiger partial charge in [-0.05, 0) is 30.5 Å². The third-order valence-electron chi connectivity index (χ3n) is 4.11. The second-order valence-corrected chi connectivity index (χ2v) is 6.06. The lowest BCUT2D eigenvalue weighted by Gasteiger charge is -2.22. The quantitative estimate of drug-likeness (QED) is 0.445. The molecule has 0 atom stereocenters. The number of benzene rings is 1. The Morgan fingerprint density at radius 2 is 2.16 bits per heavy atom. The zero-order chi connectivity index (χ0) is 17.9. The van der Waals surface area contributed by atoms with Crippen LogP contribution >= 0.6 is 0 Å². The lowest BCUT2D eigenvalue weighted by atomic mass is 9.96. The molecule has 7 heteroatoms. The van der Waals surface area contributed by atoms with Gasteiger partial charge in [0.25, 0.3) is 0 Å². The van der Waals surface area contributed by atoms with E-state index in [1.165, 1.54) is 6.42 Å². The number of alkyl carbamates (subject to hydrolysis) is 1. The van der Waals surface area contributed by atoms with Gasteiger partial charge in [-0.2, -0.15) is 5.26 Å². The van der Waals surface area contributed by atoms with Crippen LogP contribution in [0.15, 0.2) is 36.2 Å². The predicted molar refractivity (Wildman–Crippen MR) is 94.8 cm³/mol. The van der Waals surface area contributed by atoms with E-state index in [1.807, 2.05) is 18.2 Å². The van der Waals surface area contributed by atoms with E-state index >= 15 is 0 Å². The molecule has 5 N–H and O–H groups in total. The molecule has 0 unspecified atom stereocenters. The molecule has 0 aliphatic heterocycles. The molecule has 1 saturated carbocycles. The van der Waals surface area contributed by atoms with Crippen LogP contribution in [0, 0.1) is 11.3 Å². The highest BCUT2D eigenvalue weighted by Gasteiger charge is 2.16. The number of carbonyl (C=O) groups is 1. The minimum Gasteiger partial charge on any atom is -0.443 e. The Hall–Kier alpha value is -2.72. The minimum absolute atomic E-state index is 0.0558. The summed E-state index contributed by atoms with van der Waals surface area (Å²) in [7, 11) is 0. The van der Waals surface area contributed by atoms with Gasteiger partial charge in [0, 0.05) is 18.8 Å². The van der Waals surface area contributed by atoms with Crippen LogP contribution in [0.3, 0.4) is 0 Å². The lowest BCUT2D eigenvalue weighted by molar-refractivity contribution is 0.146. The molecule has 1 aliphatic rings. The molecule has 134 valence electrons.